The van der Waals surface area contributed by atoms with Gasteiger partial charge in [0.15, 0.2) is 0 Å². The van der Waals surface area contributed by atoms with E-state index in [9.17, 15) is 0 Å². The van der Waals surface area contributed by atoms with Crippen LogP contribution in [0.5, 0.6) is 0 Å². The third-order valence-corrected chi connectivity index (χ3v) is 2.12. The molecule has 0 aliphatic heterocycles. The summed E-state index contributed by atoms with van der Waals surface area (Å²) < 4.78 is 0. The van der Waals surface area contributed by atoms with Crippen molar-refractivity contribution in [2.45, 2.75) is 19.4 Å². The first-order valence-electron chi connectivity index (χ1n) is 4.22. The molecule has 0 amide bonds. The fourth-order valence-corrected chi connectivity index (χ4v) is 0.999. The molecule has 0 aliphatic carbocycles. The van der Waals surface area contributed by atoms with Crippen molar-refractivity contribution in [1.82, 2.24) is 5.32 Å². The van der Waals surface area contributed by atoms with Gasteiger partial charge in [-0.3, -0.25) is 0 Å². The van der Waals surface area contributed by atoms with Crippen LogP contribution < -0.4 is 5.32 Å². The van der Waals surface area contributed by atoms with Gasteiger partial charge in [0, 0.05) is 5.54 Å². The Bertz CT molecular complexity index is 239. The van der Waals surface area contributed by atoms with Crippen LogP contribution in [0.3, 0.4) is 0 Å². The van der Waals surface area contributed by atoms with E-state index in [1.807, 2.05) is 13.1 Å². The molecule has 0 spiro atoms. The van der Waals surface area contributed by atoms with E-state index in [4.69, 9.17) is 17.8 Å². The predicted molar refractivity (Wildman–Crippen MR) is 75.6 cm³/mol. The van der Waals surface area contributed by atoms with Crippen LogP contribution in [0.1, 0.15) is 19.4 Å². The van der Waals surface area contributed by atoms with Gasteiger partial charge in [-0.25, -0.2) is 0 Å². The molecule has 0 heterocycles. The van der Waals surface area contributed by atoms with Crippen molar-refractivity contribution in [2.75, 3.05) is 7.05 Å². The summed E-state index contributed by atoms with van der Waals surface area (Å²) in [5.41, 5.74) is 1.41. The Kier molecular flexibility index (Phi) is 8.01. The second-order valence-electron chi connectivity index (χ2n) is 3.30. The van der Waals surface area contributed by atoms with E-state index >= 15 is 0 Å². The van der Waals surface area contributed by atoms with Gasteiger partial charge in [0.2, 0.25) is 0 Å². The van der Waals surface area contributed by atoms with Gasteiger partial charge in [-0.05, 0) is 26.5 Å². The zero-order chi connectivity index (χ0) is 11.0. The Morgan fingerprint density at radius 3 is 1.93 bits per heavy atom. The van der Waals surface area contributed by atoms with E-state index in [-0.39, 0.29) is 5.54 Å². The number of hydrogen-bond donors (Lipinski definition) is 1. The minimum absolute atomic E-state index is 0.0846. The number of nitrogens with one attached hydrogen (secondary N) is 1. The molecule has 1 nitrogen and oxygen atoms in total. The van der Waals surface area contributed by atoms with Gasteiger partial charge in [-0.1, -0.05) is 30.3 Å². The third-order valence-electron chi connectivity index (χ3n) is 2.12. The van der Waals surface area contributed by atoms with Crippen LogP contribution in [0.4, 0.5) is 0 Å². The van der Waals surface area contributed by atoms with Gasteiger partial charge < -0.3 is 5.32 Å². The second-order valence-corrected chi connectivity index (χ2v) is 6.76. The maximum absolute atomic E-state index is 4.89. The summed E-state index contributed by atoms with van der Waals surface area (Å²) in [6, 6.07) is 10.4. The van der Waals surface area contributed by atoms with Gasteiger partial charge in [0.25, 0.3) is 0 Å². The first-order valence-corrected chi connectivity index (χ1v) is 10.1. The number of rotatable bonds is 2. The molecule has 0 aromatic heterocycles. The van der Waals surface area contributed by atoms with Crippen molar-refractivity contribution in [3.8, 4) is 0 Å². The van der Waals surface area contributed by atoms with Crippen LogP contribution in [-0.4, -0.2) is 7.05 Å². The second kappa shape index (κ2) is 7.74. The summed E-state index contributed by atoms with van der Waals surface area (Å²) in [5, 5.41) is 3.26. The standard InChI is InChI=1S/C10H15N.Cl2HI/c1-10(2,11-3)9-7-5-4-6-8-9;1-3-2/h4-8,11H,1-3H3;3H. The molecule has 1 aromatic carbocycles. The van der Waals surface area contributed by atoms with Crippen molar-refractivity contribution in [3.05, 3.63) is 35.9 Å². The maximum atomic E-state index is 4.89. The molecule has 0 atom stereocenters. The van der Waals surface area contributed by atoms with Crippen LogP contribution in [-0.2, 0) is 5.54 Å². The fourth-order valence-electron chi connectivity index (χ4n) is 0.999. The molecule has 0 unspecified atom stereocenters. The van der Waals surface area contributed by atoms with Crippen molar-refractivity contribution in [3.63, 3.8) is 0 Å². The van der Waals surface area contributed by atoms with Gasteiger partial charge in [-0.2, -0.15) is 0 Å². The summed E-state index contributed by atoms with van der Waals surface area (Å²) in [6.45, 7) is 4.34. The molecular formula is C10H16Cl2IN. The van der Waals surface area contributed by atoms with Gasteiger partial charge in [0.1, 0.15) is 0 Å². The Labute approximate surface area is 104 Å². The van der Waals surface area contributed by atoms with Gasteiger partial charge >= 0.3 is 36.8 Å². The molecule has 82 valence electrons. The Morgan fingerprint density at radius 1 is 1.14 bits per heavy atom. The SMILES string of the molecule is CNC(C)(C)c1ccccc1.Cl[IH]Cl. The van der Waals surface area contributed by atoms with E-state index in [1.54, 1.807) is 0 Å². The number of halogens is 3. The normalized spacial score (nSPS) is 10.6. The Balaban J connectivity index is 0.000000500. The first kappa shape index (κ1) is 14.5. The van der Waals surface area contributed by atoms with Crippen LogP contribution in [0.15, 0.2) is 30.3 Å². The molecule has 1 aromatic rings. The summed E-state index contributed by atoms with van der Waals surface area (Å²) >= 11 is -0.586. The summed E-state index contributed by atoms with van der Waals surface area (Å²) in [4.78, 5) is 0. The van der Waals surface area contributed by atoms with Crippen molar-refractivity contribution < 1.29 is 0 Å². The Hall–Kier alpha value is 0.490. The first-order chi connectivity index (χ1) is 6.58. The van der Waals surface area contributed by atoms with Crippen LogP contribution >= 0.6 is 36.8 Å². The quantitative estimate of drug-likeness (QED) is 0.793. The van der Waals surface area contributed by atoms with Crippen molar-refractivity contribution in [2.24, 2.45) is 0 Å². The molecule has 0 bridgehead atoms. The minimum atomic E-state index is -0.586. The molecule has 4 heteroatoms. The molecule has 14 heavy (non-hydrogen) atoms. The topological polar surface area (TPSA) is 12.0 Å². The van der Waals surface area contributed by atoms with Crippen LogP contribution in [0.25, 0.3) is 0 Å². The molecule has 1 rings (SSSR count). The van der Waals surface area contributed by atoms with E-state index in [2.05, 4.69) is 43.4 Å². The average Bonchev–Trinajstić information content (AvgIpc) is 2.20. The summed E-state index contributed by atoms with van der Waals surface area (Å²) in [6.07, 6.45) is 0. The van der Waals surface area contributed by atoms with E-state index in [1.165, 1.54) is 5.56 Å². The van der Waals surface area contributed by atoms with Gasteiger partial charge in [-0.15, -0.1) is 0 Å². The average molecular weight is 348 g/mol. The third kappa shape index (κ3) is 5.39. The summed E-state index contributed by atoms with van der Waals surface area (Å²) in [5.74, 6) is 0. The molecular weight excluding hydrogens is 332 g/mol. The predicted octanol–water partition coefficient (Wildman–Crippen LogP) is 4.14. The Morgan fingerprint density at radius 2 is 1.57 bits per heavy atom. The fraction of sp³-hybridized carbons (Fsp3) is 0.400. The van der Waals surface area contributed by atoms with Crippen molar-refractivity contribution >= 4 is 36.8 Å². The zero-order valence-corrected chi connectivity index (χ0v) is 12.4. The monoisotopic (exact) mass is 347 g/mol. The molecule has 0 radical (unpaired) electrons. The molecule has 0 saturated heterocycles. The molecule has 0 saturated carbocycles. The van der Waals surface area contributed by atoms with Crippen LogP contribution in [0, 0.1) is 0 Å². The number of benzene rings is 1. The van der Waals surface area contributed by atoms with Gasteiger partial charge in [0.05, 0.1) is 0 Å². The molecule has 1 N–H and O–H groups in total. The zero-order valence-electron chi connectivity index (χ0n) is 8.55. The summed E-state index contributed by atoms with van der Waals surface area (Å²) in [7, 11) is 11.8. The van der Waals surface area contributed by atoms with E-state index in [0.717, 1.165) is 0 Å². The molecule has 0 fully saturated rings. The van der Waals surface area contributed by atoms with E-state index < -0.39 is 18.9 Å². The molecule has 0 aliphatic rings. The van der Waals surface area contributed by atoms with E-state index in [0.29, 0.717) is 0 Å². The number of hydrogen-bond acceptors (Lipinski definition) is 1. The van der Waals surface area contributed by atoms with Crippen LogP contribution in [0.2, 0.25) is 0 Å². The van der Waals surface area contributed by atoms with Crippen molar-refractivity contribution in [1.29, 1.82) is 0 Å².